The molecule has 16 heavy (non-hydrogen) atoms. The van der Waals surface area contributed by atoms with Crippen LogP contribution in [0.1, 0.15) is 17.7 Å². The zero-order chi connectivity index (χ0) is 11.1. The van der Waals surface area contributed by atoms with Crippen LogP contribution in [-0.2, 0) is 11.3 Å². The van der Waals surface area contributed by atoms with E-state index in [0.717, 1.165) is 24.3 Å². The average Bonchev–Trinajstić information content (AvgIpc) is 2.97. The molecular weight excluding hydrogens is 224 g/mol. The van der Waals surface area contributed by atoms with Crippen molar-refractivity contribution in [1.29, 1.82) is 0 Å². The number of thiophene rings is 1. The van der Waals surface area contributed by atoms with E-state index in [2.05, 4.69) is 0 Å². The van der Waals surface area contributed by atoms with Gasteiger partial charge in [0.2, 0.25) is 0 Å². The predicted octanol–water partition coefficient (Wildman–Crippen LogP) is 1.67. The normalized spacial score (nSPS) is 24.4. The molecule has 1 atom stereocenters. The fourth-order valence-electron chi connectivity index (χ4n) is 2.39. The maximum atomic E-state index is 12.0. The molecule has 0 aliphatic carbocycles. The summed E-state index contributed by atoms with van der Waals surface area (Å²) >= 11 is 1.58. The topological polar surface area (TPSA) is 40.6 Å². The lowest BCUT2D eigenvalue weighted by Gasteiger charge is -2.14. The van der Waals surface area contributed by atoms with E-state index in [0.29, 0.717) is 6.54 Å². The fraction of sp³-hybridized carbons (Fsp3) is 0.455. The number of imide groups is 1. The van der Waals surface area contributed by atoms with E-state index in [-0.39, 0.29) is 18.0 Å². The highest BCUT2D eigenvalue weighted by Crippen LogP contribution is 2.28. The van der Waals surface area contributed by atoms with Gasteiger partial charge in [-0.15, -0.1) is 11.3 Å². The van der Waals surface area contributed by atoms with Crippen molar-refractivity contribution in [3.8, 4) is 0 Å². The van der Waals surface area contributed by atoms with Crippen molar-refractivity contribution in [2.24, 2.45) is 0 Å². The number of carbonyl (C=O) groups excluding carboxylic acids is 2. The van der Waals surface area contributed by atoms with Gasteiger partial charge in [-0.1, -0.05) is 6.07 Å². The zero-order valence-electron chi connectivity index (χ0n) is 8.76. The van der Waals surface area contributed by atoms with Gasteiger partial charge >= 0.3 is 6.03 Å². The van der Waals surface area contributed by atoms with Gasteiger partial charge in [0.15, 0.2) is 0 Å². The third-order valence-corrected chi connectivity index (χ3v) is 4.04. The molecule has 3 rings (SSSR count). The molecule has 0 unspecified atom stereocenters. The molecule has 0 radical (unpaired) electrons. The lowest BCUT2D eigenvalue weighted by Crippen LogP contribution is -2.32. The van der Waals surface area contributed by atoms with Crippen molar-refractivity contribution in [3.63, 3.8) is 0 Å². The summed E-state index contributed by atoms with van der Waals surface area (Å²) in [5.41, 5.74) is 0. The van der Waals surface area contributed by atoms with E-state index in [1.54, 1.807) is 16.2 Å². The number of amides is 3. The van der Waals surface area contributed by atoms with Crippen molar-refractivity contribution in [3.05, 3.63) is 22.4 Å². The Kier molecular flexibility index (Phi) is 2.21. The van der Waals surface area contributed by atoms with Gasteiger partial charge in [0, 0.05) is 11.4 Å². The number of fused-ring (bicyclic) bond motifs is 1. The van der Waals surface area contributed by atoms with E-state index in [9.17, 15) is 9.59 Å². The Bertz CT molecular complexity index is 407. The van der Waals surface area contributed by atoms with E-state index < -0.39 is 0 Å². The van der Waals surface area contributed by atoms with Crippen LogP contribution in [0.15, 0.2) is 17.5 Å². The van der Waals surface area contributed by atoms with Gasteiger partial charge in [-0.25, -0.2) is 4.79 Å². The van der Waals surface area contributed by atoms with Crippen molar-refractivity contribution in [2.75, 3.05) is 6.54 Å². The molecule has 2 aliphatic heterocycles. The lowest BCUT2D eigenvalue weighted by molar-refractivity contribution is -0.128. The maximum absolute atomic E-state index is 12.0. The van der Waals surface area contributed by atoms with Gasteiger partial charge in [0.05, 0.1) is 6.54 Å². The van der Waals surface area contributed by atoms with Crippen LogP contribution in [-0.4, -0.2) is 34.3 Å². The van der Waals surface area contributed by atoms with Gasteiger partial charge in [-0.3, -0.25) is 9.69 Å². The Balaban J connectivity index is 1.81. The summed E-state index contributed by atoms with van der Waals surface area (Å²) in [6, 6.07) is 3.61. The Labute approximate surface area is 97.5 Å². The molecule has 84 valence electrons. The summed E-state index contributed by atoms with van der Waals surface area (Å²) in [4.78, 5) is 28.1. The van der Waals surface area contributed by atoms with E-state index >= 15 is 0 Å². The largest absolute Gasteiger partial charge is 0.327 e. The van der Waals surface area contributed by atoms with Crippen molar-refractivity contribution in [2.45, 2.75) is 25.4 Å². The Morgan fingerprint density at radius 2 is 2.31 bits per heavy atom. The van der Waals surface area contributed by atoms with Gasteiger partial charge in [0.25, 0.3) is 5.91 Å². The highest BCUT2D eigenvalue weighted by Gasteiger charge is 2.47. The fourth-order valence-corrected chi connectivity index (χ4v) is 3.08. The summed E-state index contributed by atoms with van der Waals surface area (Å²) in [5, 5.41) is 1.96. The molecule has 5 heteroatoms. The summed E-state index contributed by atoms with van der Waals surface area (Å²) in [6.07, 6.45) is 1.78. The van der Waals surface area contributed by atoms with Gasteiger partial charge in [-0.05, 0) is 24.3 Å². The van der Waals surface area contributed by atoms with Gasteiger partial charge < -0.3 is 4.90 Å². The molecule has 2 saturated heterocycles. The Hall–Kier alpha value is -1.36. The summed E-state index contributed by atoms with van der Waals surface area (Å²) in [6.45, 7) is 1.17. The number of rotatable bonds is 2. The zero-order valence-corrected chi connectivity index (χ0v) is 9.57. The van der Waals surface area contributed by atoms with Crippen LogP contribution in [0, 0.1) is 0 Å². The first-order chi connectivity index (χ1) is 7.77. The molecule has 0 aromatic carbocycles. The van der Waals surface area contributed by atoms with Crippen molar-refractivity contribution in [1.82, 2.24) is 9.80 Å². The van der Waals surface area contributed by atoms with Gasteiger partial charge in [-0.2, -0.15) is 0 Å². The molecule has 2 fully saturated rings. The van der Waals surface area contributed by atoms with E-state index in [1.807, 2.05) is 17.5 Å². The number of carbonyl (C=O) groups is 2. The van der Waals surface area contributed by atoms with Crippen molar-refractivity contribution >= 4 is 23.3 Å². The lowest BCUT2D eigenvalue weighted by atomic mass is 10.2. The van der Waals surface area contributed by atoms with Crippen LogP contribution in [0.4, 0.5) is 4.79 Å². The third kappa shape index (κ3) is 1.35. The molecule has 0 N–H and O–H groups in total. The van der Waals surface area contributed by atoms with Crippen molar-refractivity contribution < 1.29 is 9.59 Å². The molecule has 2 aliphatic rings. The minimum Gasteiger partial charge on any atom is -0.312 e. The number of hydrogen-bond donors (Lipinski definition) is 0. The summed E-state index contributed by atoms with van der Waals surface area (Å²) in [7, 11) is 0. The molecule has 1 aromatic rings. The second kappa shape index (κ2) is 3.59. The van der Waals surface area contributed by atoms with Gasteiger partial charge in [0.1, 0.15) is 6.04 Å². The van der Waals surface area contributed by atoms with Crippen LogP contribution < -0.4 is 0 Å². The number of nitrogens with zero attached hydrogens (tertiary/aromatic N) is 2. The molecule has 4 nitrogen and oxygen atoms in total. The minimum atomic E-state index is -0.174. The quantitative estimate of drug-likeness (QED) is 0.733. The standard InChI is InChI=1S/C11H12N2O2S/c14-10-9-4-1-5-12(9)11(15)13(10)7-8-3-2-6-16-8/h2-3,6,9H,1,4-5,7H2/t9-/m0/s1. The van der Waals surface area contributed by atoms with Crippen LogP contribution in [0.5, 0.6) is 0 Å². The first-order valence-electron chi connectivity index (χ1n) is 5.42. The highest BCUT2D eigenvalue weighted by molar-refractivity contribution is 7.09. The van der Waals surface area contributed by atoms with Crippen LogP contribution in [0.2, 0.25) is 0 Å². The summed E-state index contributed by atoms with van der Waals surface area (Å²) < 4.78 is 0. The molecule has 0 bridgehead atoms. The molecule has 0 spiro atoms. The predicted molar refractivity (Wildman–Crippen MR) is 60.0 cm³/mol. The Morgan fingerprint density at radius 1 is 1.44 bits per heavy atom. The second-order valence-corrected chi connectivity index (χ2v) is 5.17. The minimum absolute atomic E-state index is 0.0177. The van der Waals surface area contributed by atoms with E-state index in [1.165, 1.54) is 4.90 Å². The van der Waals surface area contributed by atoms with E-state index in [4.69, 9.17) is 0 Å². The molecule has 3 heterocycles. The average molecular weight is 236 g/mol. The highest BCUT2D eigenvalue weighted by atomic mass is 32.1. The molecule has 0 saturated carbocycles. The smallest absolute Gasteiger partial charge is 0.312 e. The third-order valence-electron chi connectivity index (χ3n) is 3.17. The number of urea groups is 1. The first-order valence-corrected chi connectivity index (χ1v) is 6.30. The second-order valence-electron chi connectivity index (χ2n) is 4.14. The molecule has 3 amide bonds. The first kappa shape index (κ1) is 9.84. The van der Waals surface area contributed by atoms with Crippen LogP contribution in [0.3, 0.4) is 0 Å². The molecule has 1 aromatic heterocycles. The number of hydrogen-bond acceptors (Lipinski definition) is 3. The Morgan fingerprint density at radius 3 is 3.00 bits per heavy atom. The SMILES string of the molecule is O=C1[C@@H]2CCCN2C(=O)N1Cc1cccs1. The monoisotopic (exact) mass is 236 g/mol. The van der Waals surface area contributed by atoms with Crippen LogP contribution >= 0.6 is 11.3 Å². The molecular formula is C11H12N2O2S. The van der Waals surface area contributed by atoms with Crippen LogP contribution in [0.25, 0.3) is 0 Å². The maximum Gasteiger partial charge on any atom is 0.327 e. The summed E-state index contributed by atoms with van der Waals surface area (Å²) in [5.74, 6) is -0.0177.